The van der Waals surface area contributed by atoms with Gasteiger partial charge in [-0.05, 0) is 31.4 Å². The van der Waals surface area contributed by atoms with Crippen molar-refractivity contribution >= 4 is 11.6 Å². The number of unbranched alkanes of at least 4 members (excludes halogenated alkanes) is 2. The van der Waals surface area contributed by atoms with E-state index >= 15 is 0 Å². The summed E-state index contributed by atoms with van der Waals surface area (Å²) in [5, 5.41) is 0.677. The van der Waals surface area contributed by atoms with Gasteiger partial charge in [0.25, 0.3) is 0 Å². The molecule has 2 aromatic rings. The lowest BCUT2D eigenvalue weighted by atomic mass is 10.2. The molecule has 0 saturated carbocycles. The van der Waals surface area contributed by atoms with Crippen LogP contribution in [0.3, 0.4) is 0 Å². The van der Waals surface area contributed by atoms with E-state index in [0.717, 1.165) is 31.6 Å². The fourth-order valence-corrected chi connectivity index (χ4v) is 1.93. The minimum absolute atomic E-state index is 0.677. The molecule has 4 heteroatoms. The van der Waals surface area contributed by atoms with Crippen molar-refractivity contribution in [2.75, 3.05) is 6.61 Å². The van der Waals surface area contributed by atoms with Gasteiger partial charge < -0.3 is 9.30 Å². The van der Waals surface area contributed by atoms with Crippen LogP contribution in [0.1, 0.15) is 19.3 Å². The van der Waals surface area contributed by atoms with Gasteiger partial charge in [-0.2, -0.15) is 0 Å². The zero-order valence-electron chi connectivity index (χ0n) is 10.3. The number of hydrogen-bond donors (Lipinski definition) is 0. The number of aromatic nitrogens is 2. The number of benzene rings is 1. The Labute approximate surface area is 112 Å². The lowest BCUT2D eigenvalue weighted by Crippen LogP contribution is -1.99. The highest BCUT2D eigenvalue weighted by Gasteiger charge is 1.99. The van der Waals surface area contributed by atoms with Crippen molar-refractivity contribution in [1.29, 1.82) is 0 Å². The second-order valence-electron chi connectivity index (χ2n) is 4.14. The zero-order chi connectivity index (χ0) is 12.6. The predicted molar refractivity (Wildman–Crippen MR) is 73.0 cm³/mol. The Bertz CT molecular complexity index is 457. The van der Waals surface area contributed by atoms with Gasteiger partial charge in [-0.1, -0.05) is 23.7 Å². The minimum atomic E-state index is 0.677. The number of hydrogen-bond acceptors (Lipinski definition) is 2. The average Bonchev–Trinajstić information content (AvgIpc) is 2.89. The van der Waals surface area contributed by atoms with Gasteiger partial charge in [-0.15, -0.1) is 0 Å². The van der Waals surface area contributed by atoms with Crippen molar-refractivity contribution in [2.45, 2.75) is 25.8 Å². The molecule has 3 nitrogen and oxygen atoms in total. The quantitative estimate of drug-likeness (QED) is 0.712. The van der Waals surface area contributed by atoms with Crippen LogP contribution < -0.4 is 4.74 Å². The van der Waals surface area contributed by atoms with E-state index in [1.165, 1.54) is 0 Å². The molecule has 0 spiro atoms. The standard InChI is InChI=1S/C14H17ClN2O/c15-13-6-2-3-7-14(13)18-11-5-1-4-9-17-10-8-16-12-17/h2-3,6-8,10,12H,1,4-5,9,11H2. The summed E-state index contributed by atoms with van der Waals surface area (Å²) >= 11 is 6.00. The topological polar surface area (TPSA) is 27.1 Å². The van der Waals surface area contributed by atoms with Crippen LogP contribution in [-0.4, -0.2) is 16.2 Å². The highest BCUT2D eigenvalue weighted by atomic mass is 35.5. The lowest BCUT2D eigenvalue weighted by molar-refractivity contribution is 0.304. The Kier molecular flexibility index (Phi) is 5.09. The first-order chi connectivity index (χ1) is 8.86. The van der Waals surface area contributed by atoms with Crippen molar-refractivity contribution in [3.8, 4) is 5.75 Å². The van der Waals surface area contributed by atoms with E-state index in [1.54, 1.807) is 6.20 Å². The molecule has 0 bridgehead atoms. The largest absolute Gasteiger partial charge is 0.492 e. The highest BCUT2D eigenvalue weighted by molar-refractivity contribution is 6.32. The van der Waals surface area contributed by atoms with Gasteiger partial charge in [-0.25, -0.2) is 4.98 Å². The number of para-hydroxylation sites is 1. The first-order valence-corrected chi connectivity index (χ1v) is 6.57. The minimum Gasteiger partial charge on any atom is -0.492 e. The van der Waals surface area contributed by atoms with Crippen LogP contribution >= 0.6 is 11.6 Å². The summed E-state index contributed by atoms with van der Waals surface area (Å²) in [7, 11) is 0. The van der Waals surface area contributed by atoms with E-state index in [-0.39, 0.29) is 0 Å². The van der Waals surface area contributed by atoms with Gasteiger partial charge in [0.2, 0.25) is 0 Å². The molecule has 1 aromatic carbocycles. The van der Waals surface area contributed by atoms with Crippen LogP contribution in [0.5, 0.6) is 5.75 Å². The van der Waals surface area contributed by atoms with Crippen LogP contribution in [0.15, 0.2) is 43.0 Å². The number of aryl methyl sites for hydroxylation is 1. The van der Waals surface area contributed by atoms with Crippen LogP contribution in [0, 0.1) is 0 Å². The number of imidazole rings is 1. The molecule has 0 amide bonds. The second-order valence-corrected chi connectivity index (χ2v) is 4.55. The molecule has 0 aliphatic heterocycles. The Morgan fingerprint density at radius 2 is 2.06 bits per heavy atom. The summed E-state index contributed by atoms with van der Waals surface area (Å²) in [6.07, 6.45) is 8.96. The maximum atomic E-state index is 6.00. The summed E-state index contributed by atoms with van der Waals surface area (Å²) in [4.78, 5) is 4.01. The molecule has 1 heterocycles. The van der Waals surface area contributed by atoms with Crippen LogP contribution in [0.2, 0.25) is 5.02 Å². The fraction of sp³-hybridized carbons (Fsp3) is 0.357. The fourth-order valence-electron chi connectivity index (χ4n) is 1.74. The number of rotatable bonds is 7. The monoisotopic (exact) mass is 264 g/mol. The van der Waals surface area contributed by atoms with Crippen molar-refractivity contribution in [3.63, 3.8) is 0 Å². The summed E-state index contributed by atoms with van der Waals surface area (Å²) < 4.78 is 7.72. The van der Waals surface area contributed by atoms with Crippen LogP contribution in [0.4, 0.5) is 0 Å². The molecule has 1 aromatic heterocycles. The molecule has 2 rings (SSSR count). The summed E-state index contributed by atoms with van der Waals surface area (Å²) in [5.41, 5.74) is 0. The first kappa shape index (κ1) is 13.0. The molecule has 0 aliphatic rings. The number of ether oxygens (including phenoxy) is 1. The molecule has 96 valence electrons. The molecule has 0 unspecified atom stereocenters. The summed E-state index contributed by atoms with van der Waals surface area (Å²) in [6.45, 7) is 1.74. The third-order valence-corrected chi connectivity index (χ3v) is 3.03. The van der Waals surface area contributed by atoms with E-state index in [1.807, 2.05) is 36.8 Å². The van der Waals surface area contributed by atoms with Crippen LogP contribution in [-0.2, 0) is 6.54 Å². The maximum absolute atomic E-state index is 6.00. The molecule has 0 aliphatic carbocycles. The Hall–Kier alpha value is -1.48. The zero-order valence-corrected chi connectivity index (χ0v) is 11.0. The molecular weight excluding hydrogens is 248 g/mol. The van der Waals surface area contributed by atoms with Crippen molar-refractivity contribution in [2.24, 2.45) is 0 Å². The van der Waals surface area contributed by atoms with Crippen molar-refractivity contribution in [3.05, 3.63) is 48.0 Å². The number of halogens is 1. The molecule has 18 heavy (non-hydrogen) atoms. The normalized spacial score (nSPS) is 10.5. The molecule has 0 fully saturated rings. The van der Waals surface area contributed by atoms with E-state index in [9.17, 15) is 0 Å². The predicted octanol–water partition coefficient (Wildman–Crippen LogP) is 3.79. The van der Waals surface area contributed by atoms with Gasteiger partial charge in [0, 0.05) is 18.9 Å². The van der Waals surface area contributed by atoms with Crippen molar-refractivity contribution < 1.29 is 4.74 Å². The molecule has 0 radical (unpaired) electrons. The van der Waals surface area contributed by atoms with E-state index in [4.69, 9.17) is 16.3 Å². The maximum Gasteiger partial charge on any atom is 0.137 e. The Morgan fingerprint density at radius 3 is 2.83 bits per heavy atom. The first-order valence-electron chi connectivity index (χ1n) is 6.19. The van der Waals surface area contributed by atoms with E-state index < -0.39 is 0 Å². The Morgan fingerprint density at radius 1 is 1.17 bits per heavy atom. The van der Waals surface area contributed by atoms with Gasteiger partial charge in [0.05, 0.1) is 18.0 Å². The van der Waals surface area contributed by atoms with Gasteiger partial charge in [0.15, 0.2) is 0 Å². The van der Waals surface area contributed by atoms with E-state index in [0.29, 0.717) is 11.6 Å². The lowest BCUT2D eigenvalue weighted by Gasteiger charge is -2.07. The third kappa shape index (κ3) is 4.08. The van der Waals surface area contributed by atoms with Gasteiger partial charge in [0.1, 0.15) is 5.75 Å². The molecule has 0 atom stereocenters. The van der Waals surface area contributed by atoms with Gasteiger partial charge >= 0.3 is 0 Å². The summed E-state index contributed by atoms with van der Waals surface area (Å²) in [6, 6.07) is 7.57. The second kappa shape index (κ2) is 7.07. The number of nitrogens with zero attached hydrogens (tertiary/aromatic N) is 2. The van der Waals surface area contributed by atoms with Crippen LogP contribution in [0.25, 0.3) is 0 Å². The Balaban J connectivity index is 1.58. The third-order valence-electron chi connectivity index (χ3n) is 2.71. The smallest absolute Gasteiger partial charge is 0.137 e. The molecular formula is C14H17ClN2O. The summed E-state index contributed by atoms with van der Waals surface area (Å²) in [5.74, 6) is 0.772. The van der Waals surface area contributed by atoms with E-state index in [2.05, 4.69) is 9.55 Å². The molecule has 0 N–H and O–H groups in total. The highest BCUT2D eigenvalue weighted by Crippen LogP contribution is 2.23. The van der Waals surface area contributed by atoms with Gasteiger partial charge in [-0.3, -0.25) is 0 Å². The SMILES string of the molecule is Clc1ccccc1OCCCCCn1ccnc1. The average molecular weight is 265 g/mol. The molecule has 0 saturated heterocycles. The van der Waals surface area contributed by atoms with Crippen molar-refractivity contribution in [1.82, 2.24) is 9.55 Å².